The Morgan fingerprint density at radius 1 is 1.44 bits per heavy atom. The van der Waals surface area contributed by atoms with E-state index in [1.54, 1.807) is 0 Å². The third-order valence-corrected chi connectivity index (χ3v) is 3.90. The summed E-state index contributed by atoms with van der Waals surface area (Å²) in [7, 11) is 0. The lowest BCUT2D eigenvalue weighted by Crippen LogP contribution is -2.38. The number of β-amino-alcohol motifs (C(OH)–C–C–N with tert-alkyl or cyclic N) is 1. The van der Waals surface area contributed by atoms with E-state index in [1.807, 2.05) is 0 Å². The minimum absolute atomic E-state index is 0.182. The third kappa shape index (κ3) is 1.89. The second-order valence-electron chi connectivity index (χ2n) is 5.11. The van der Waals surface area contributed by atoms with Gasteiger partial charge in [0.05, 0.1) is 17.3 Å². The number of benzene rings is 1. The van der Waals surface area contributed by atoms with Crippen molar-refractivity contribution in [1.82, 2.24) is 4.98 Å². The van der Waals surface area contributed by atoms with Crippen molar-refractivity contribution in [3.8, 4) is 0 Å². The van der Waals surface area contributed by atoms with Crippen molar-refractivity contribution in [2.75, 3.05) is 18.0 Å². The quantitative estimate of drug-likeness (QED) is 0.852. The van der Waals surface area contributed by atoms with Gasteiger partial charge < -0.3 is 15.0 Å². The van der Waals surface area contributed by atoms with E-state index in [4.69, 9.17) is 0 Å². The SMILES string of the molecule is CCc1cccc2c(N3CCCC(O)C3)c[nH]c12. The summed E-state index contributed by atoms with van der Waals surface area (Å²) in [4.78, 5) is 5.69. The van der Waals surface area contributed by atoms with Crippen LogP contribution in [0.15, 0.2) is 24.4 Å². The predicted molar refractivity (Wildman–Crippen MR) is 75.1 cm³/mol. The summed E-state index contributed by atoms with van der Waals surface area (Å²) in [5.74, 6) is 0. The standard InChI is InChI=1S/C15H20N2O/c1-2-11-5-3-7-13-14(9-16-15(11)13)17-8-4-6-12(18)10-17/h3,5,7,9,12,16,18H,2,4,6,8,10H2,1H3. The van der Waals surface area contributed by atoms with Crippen LogP contribution in [0.2, 0.25) is 0 Å². The first-order chi connectivity index (χ1) is 8.79. The highest BCUT2D eigenvalue weighted by Gasteiger charge is 2.20. The first kappa shape index (κ1) is 11.6. The van der Waals surface area contributed by atoms with E-state index in [0.717, 1.165) is 32.4 Å². The number of fused-ring (bicyclic) bond motifs is 1. The van der Waals surface area contributed by atoms with Crippen LogP contribution in [0.3, 0.4) is 0 Å². The number of aromatic nitrogens is 1. The Morgan fingerprint density at radius 2 is 2.33 bits per heavy atom. The van der Waals surface area contributed by atoms with Crippen molar-refractivity contribution in [3.63, 3.8) is 0 Å². The molecule has 3 rings (SSSR count). The van der Waals surface area contributed by atoms with Crippen LogP contribution in [0.4, 0.5) is 5.69 Å². The summed E-state index contributed by atoms with van der Waals surface area (Å²) in [6, 6.07) is 6.47. The zero-order valence-electron chi connectivity index (χ0n) is 10.8. The molecule has 2 N–H and O–H groups in total. The van der Waals surface area contributed by atoms with Gasteiger partial charge in [-0.05, 0) is 24.8 Å². The molecular weight excluding hydrogens is 224 g/mol. The van der Waals surface area contributed by atoms with E-state index in [0.29, 0.717) is 0 Å². The van der Waals surface area contributed by atoms with E-state index in [9.17, 15) is 5.11 Å². The largest absolute Gasteiger partial charge is 0.391 e. The summed E-state index contributed by atoms with van der Waals surface area (Å²) < 4.78 is 0. The summed E-state index contributed by atoms with van der Waals surface area (Å²) in [6.07, 6.45) is 4.94. The molecule has 96 valence electrons. The molecule has 18 heavy (non-hydrogen) atoms. The predicted octanol–water partition coefficient (Wildman–Crippen LogP) is 2.69. The van der Waals surface area contributed by atoms with E-state index in [1.165, 1.54) is 22.2 Å². The molecule has 3 nitrogen and oxygen atoms in total. The second kappa shape index (κ2) is 4.65. The number of nitrogens with one attached hydrogen (secondary N) is 1. The number of aromatic amines is 1. The molecular formula is C15H20N2O. The van der Waals surface area contributed by atoms with Gasteiger partial charge in [0.2, 0.25) is 0 Å². The monoisotopic (exact) mass is 244 g/mol. The molecule has 0 saturated carbocycles. The normalized spacial score (nSPS) is 20.6. The number of hydrogen-bond donors (Lipinski definition) is 2. The first-order valence-electron chi connectivity index (χ1n) is 6.81. The van der Waals surface area contributed by atoms with Gasteiger partial charge >= 0.3 is 0 Å². The minimum Gasteiger partial charge on any atom is -0.391 e. The van der Waals surface area contributed by atoms with Crippen LogP contribution in [-0.2, 0) is 6.42 Å². The van der Waals surface area contributed by atoms with E-state index in [-0.39, 0.29) is 6.10 Å². The lowest BCUT2D eigenvalue weighted by atomic mass is 10.1. The molecule has 0 spiro atoms. The summed E-state index contributed by atoms with van der Waals surface area (Å²) in [5, 5.41) is 11.1. The molecule has 1 aliphatic rings. The van der Waals surface area contributed by atoms with Gasteiger partial charge in [0.1, 0.15) is 0 Å². The van der Waals surface area contributed by atoms with E-state index < -0.39 is 0 Å². The number of nitrogens with zero attached hydrogens (tertiary/aromatic N) is 1. The molecule has 2 heterocycles. The number of rotatable bonds is 2. The van der Waals surface area contributed by atoms with E-state index >= 15 is 0 Å². The Bertz CT molecular complexity index is 546. The molecule has 0 aliphatic carbocycles. The maximum Gasteiger partial charge on any atom is 0.0715 e. The van der Waals surface area contributed by atoms with Crippen molar-refractivity contribution in [2.24, 2.45) is 0 Å². The fourth-order valence-corrected chi connectivity index (χ4v) is 2.93. The van der Waals surface area contributed by atoms with Crippen molar-refractivity contribution in [3.05, 3.63) is 30.0 Å². The molecule has 1 saturated heterocycles. The average Bonchev–Trinajstić information content (AvgIpc) is 2.82. The lowest BCUT2D eigenvalue weighted by molar-refractivity contribution is 0.154. The van der Waals surface area contributed by atoms with Crippen LogP contribution in [0.25, 0.3) is 10.9 Å². The van der Waals surface area contributed by atoms with Crippen LogP contribution >= 0.6 is 0 Å². The van der Waals surface area contributed by atoms with Crippen molar-refractivity contribution < 1.29 is 5.11 Å². The van der Waals surface area contributed by atoms with Gasteiger partial charge in [-0.25, -0.2) is 0 Å². The molecule has 0 radical (unpaired) electrons. The Labute approximate surface area is 107 Å². The number of piperidine rings is 1. The first-order valence-corrected chi connectivity index (χ1v) is 6.81. The van der Waals surface area contributed by atoms with Crippen molar-refractivity contribution in [1.29, 1.82) is 0 Å². The van der Waals surface area contributed by atoms with Crippen molar-refractivity contribution >= 4 is 16.6 Å². The molecule has 1 aromatic carbocycles. The summed E-state index contributed by atoms with van der Waals surface area (Å²) >= 11 is 0. The molecule has 3 heteroatoms. The number of anilines is 1. The van der Waals surface area contributed by atoms with Gasteiger partial charge in [-0.2, -0.15) is 0 Å². The fourth-order valence-electron chi connectivity index (χ4n) is 2.93. The smallest absolute Gasteiger partial charge is 0.0715 e. The molecule has 2 aromatic rings. The van der Waals surface area contributed by atoms with Crippen LogP contribution in [-0.4, -0.2) is 29.3 Å². The highest BCUT2D eigenvalue weighted by molar-refractivity contribution is 5.94. The zero-order valence-corrected chi connectivity index (χ0v) is 10.8. The van der Waals surface area contributed by atoms with Crippen LogP contribution in [0.1, 0.15) is 25.3 Å². The van der Waals surface area contributed by atoms with Gasteiger partial charge in [-0.15, -0.1) is 0 Å². The Morgan fingerprint density at radius 3 is 3.11 bits per heavy atom. The highest BCUT2D eigenvalue weighted by atomic mass is 16.3. The second-order valence-corrected chi connectivity index (χ2v) is 5.11. The average molecular weight is 244 g/mol. The highest BCUT2D eigenvalue weighted by Crippen LogP contribution is 2.30. The van der Waals surface area contributed by atoms with Crippen LogP contribution < -0.4 is 4.90 Å². The van der Waals surface area contributed by atoms with E-state index in [2.05, 4.69) is 41.2 Å². The van der Waals surface area contributed by atoms with Gasteiger partial charge in [0.15, 0.2) is 0 Å². The number of aliphatic hydroxyl groups is 1. The number of aliphatic hydroxyl groups excluding tert-OH is 1. The summed E-state index contributed by atoms with van der Waals surface area (Å²) in [6.45, 7) is 3.98. The number of aryl methyl sites for hydroxylation is 1. The molecule has 1 aromatic heterocycles. The lowest BCUT2D eigenvalue weighted by Gasteiger charge is -2.31. The number of hydrogen-bond acceptors (Lipinski definition) is 2. The molecule has 1 aliphatic heterocycles. The Balaban J connectivity index is 2.02. The number of H-pyrrole nitrogens is 1. The maximum absolute atomic E-state index is 9.80. The maximum atomic E-state index is 9.80. The summed E-state index contributed by atoms with van der Waals surface area (Å²) in [5.41, 5.74) is 3.84. The molecule has 1 fully saturated rings. The van der Waals surface area contributed by atoms with Crippen molar-refractivity contribution in [2.45, 2.75) is 32.3 Å². The Hall–Kier alpha value is -1.48. The molecule has 0 amide bonds. The third-order valence-electron chi connectivity index (χ3n) is 3.90. The zero-order chi connectivity index (χ0) is 12.5. The molecule has 1 atom stereocenters. The van der Waals surface area contributed by atoms with Gasteiger partial charge in [-0.1, -0.05) is 25.1 Å². The van der Waals surface area contributed by atoms with Gasteiger partial charge in [-0.3, -0.25) is 0 Å². The molecule has 1 unspecified atom stereocenters. The van der Waals surface area contributed by atoms with Gasteiger partial charge in [0, 0.05) is 24.7 Å². The topological polar surface area (TPSA) is 39.3 Å². The Kier molecular flexibility index (Phi) is 3.00. The number of para-hydroxylation sites is 1. The molecule has 0 bridgehead atoms. The van der Waals surface area contributed by atoms with Gasteiger partial charge in [0.25, 0.3) is 0 Å². The van der Waals surface area contributed by atoms with Crippen LogP contribution in [0, 0.1) is 0 Å². The van der Waals surface area contributed by atoms with Crippen LogP contribution in [0.5, 0.6) is 0 Å². The fraction of sp³-hybridized carbons (Fsp3) is 0.467. The minimum atomic E-state index is -0.182.